The fourth-order valence-electron chi connectivity index (χ4n) is 3.62. The van der Waals surface area contributed by atoms with Crippen molar-refractivity contribution in [3.63, 3.8) is 0 Å². The van der Waals surface area contributed by atoms with Crippen LogP contribution in [0, 0.1) is 6.92 Å². The molecule has 4 aromatic rings. The van der Waals surface area contributed by atoms with Crippen molar-refractivity contribution >= 4 is 21.6 Å². The van der Waals surface area contributed by atoms with Crippen molar-refractivity contribution in [3.8, 4) is 22.7 Å². The monoisotopic (exact) mass is 473 g/mol. The predicted molar refractivity (Wildman–Crippen MR) is 121 cm³/mol. The number of allylic oxidation sites excluding steroid dienone is 1. The fourth-order valence-corrected chi connectivity index (χ4v) is 4.39. The minimum Gasteiger partial charge on any atom is -0.496 e. The number of hydrogen-bond acceptors (Lipinski definition) is 5. The van der Waals surface area contributed by atoms with E-state index in [9.17, 15) is 22.8 Å². The van der Waals surface area contributed by atoms with Gasteiger partial charge in [-0.2, -0.15) is 17.5 Å². The number of nitrogens with zero attached hydrogens (tertiary/aromatic N) is 3. The van der Waals surface area contributed by atoms with Crippen LogP contribution in [0.3, 0.4) is 0 Å². The fraction of sp³-hybridized carbons (Fsp3) is 0.174. The van der Waals surface area contributed by atoms with Crippen molar-refractivity contribution in [2.45, 2.75) is 19.6 Å². The third kappa shape index (κ3) is 3.97. The van der Waals surface area contributed by atoms with Gasteiger partial charge < -0.3 is 4.74 Å². The van der Waals surface area contributed by atoms with E-state index in [0.29, 0.717) is 32.0 Å². The molecule has 0 radical (unpaired) electrons. The van der Waals surface area contributed by atoms with Crippen LogP contribution in [0.15, 0.2) is 64.7 Å². The Morgan fingerprint density at radius 2 is 1.91 bits per heavy atom. The van der Waals surface area contributed by atoms with Gasteiger partial charge in [-0.25, -0.2) is 9.36 Å². The molecule has 0 saturated carbocycles. The lowest BCUT2D eigenvalue weighted by molar-refractivity contribution is -0.144. The molecule has 2 heterocycles. The summed E-state index contributed by atoms with van der Waals surface area (Å²) in [6.07, 6.45) is -3.70. The van der Waals surface area contributed by atoms with Gasteiger partial charge in [0.05, 0.1) is 23.2 Å². The highest BCUT2D eigenvalue weighted by Gasteiger charge is 2.35. The summed E-state index contributed by atoms with van der Waals surface area (Å²) in [5.74, 6) is 0.596. The van der Waals surface area contributed by atoms with Gasteiger partial charge in [-0.3, -0.25) is 9.36 Å². The summed E-state index contributed by atoms with van der Waals surface area (Å²) in [5, 5.41) is 0.642. The van der Waals surface area contributed by atoms with Gasteiger partial charge in [-0.15, -0.1) is 6.58 Å². The average Bonchev–Trinajstić information content (AvgIpc) is 3.18. The van der Waals surface area contributed by atoms with Crippen LogP contribution in [0.4, 0.5) is 13.2 Å². The zero-order chi connectivity index (χ0) is 23.9. The maximum atomic E-state index is 13.4. The molecule has 10 heteroatoms. The Hall–Kier alpha value is -3.66. The predicted octanol–water partition coefficient (Wildman–Crippen LogP) is 4.80. The molecule has 2 aromatic carbocycles. The van der Waals surface area contributed by atoms with Gasteiger partial charge in [-0.1, -0.05) is 17.7 Å². The van der Waals surface area contributed by atoms with E-state index in [2.05, 4.69) is 11.0 Å². The maximum absolute atomic E-state index is 13.4. The average molecular weight is 473 g/mol. The standard InChI is InChI=1S/C23H18F3N3O3S/c1-4-9-28-19(23(24,25)26)12-20(30)29(22(28)31)14-6-8-18-16(11-14)21(27-33-18)15-10-13(2)5-7-17(15)32-3/h4-8,10-12H,1,9H2,2-3H3. The van der Waals surface area contributed by atoms with Crippen molar-refractivity contribution in [1.82, 2.24) is 13.5 Å². The zero-order valence-electron chi connectivity index (χ0n) is 17.6. The topological polar surface area (TPSA) is 66.1 Å². The van der Waals surface area contributed by atoms with Crippen LogP contribution in [0.2, 0.25) is 0 Å². The lowest BCUT2D eigenvalue weighted by atomic mass is 10.0. The molecule has 0 aliphatic carbocycles. The summed E-state index contributed by atoms with van der Waals surface area (Å²) in [6, 6.07) is 10.8. The summed E-state index contributed by atoms with van der Waals surface area (Å²) in [5.41, 5.74) is -1.08. The highest BCUT2D eigenvalue weighted by Crippen LogP contribution is 2.37. The maximum Gasteiger partial charge on any atom is 0.431 e. The van der Waals surface area contributed by atoms with Crippen molar-refractivity contribution in [3.05, 3.63) is 87.2 Å². The van der Waals surface area contributed by atoms with Gasteiger partial charge in [0, 0.05) is 23.6 Å². The molecule has 0 saturated heterocycles. The Labute approximate surface area is 190 Å². The first-order chi connectivity index (χ1) is 15.7. The van der Waals surface area contributed by atoms with E-state index < -0.39 is 29.7 Å². The molecule has 0 aliphatic heterocycles. The van der Waals surface area contributed by atoms with Gasteiger partial charge in [0.1, 0.15) is 11.4 Å². The first-order valence-corrected chi connectivity index (χ1v) is 10.5. The zero-order valence-corrected chi connectivity index (χ0v) is 18.5. The summed E-state index contributed by atoms with van der Waals surface area (Å²) in [6.45, 7) is 4.94. The molecule has 0 N–H and O–H groups in total. The lowest BCUT2D eigenvalue weighted by Gasteiger charge is -2.16. The van der Waals surface area contributed by atoms with E-state index in [1.54, 1.807) is 12.1 Å². The molecule has 4 rings (SSSR count). The normalized spacial score (nSPS) is 11.7. The number of rotatable bonds is 5. The molecule has 0 spiro atoms. The van der Waals surface area contributed by atoms with E-state index in [1.165, 1.54) is 30.8 Å². The van der Waals surface area contributed by atoms with Crippen LogP contribution in [-0.4, -0.2) is 20.6 Å². The number of methoxy groups -OCH3 is 1. The smallest absolute Gasteiger partial charge is 0.431 e. The van der Waals surface area contributed by atoms with Gasteiger partial charge in [0.2, 0.25) is 0 Å². The lowest BCUT2D eigenvalue weighted by Crippen LogP contribution is -2.41. The van der Waals surface area contributed by atoms with Gasteiger partial charge in [0.25, 0.3) is 5.56 Å². The van der Waals surface area contributed by atoms with E-state index in [4.69, 9.17) is 4.74 Å². The molecule has 0 atom stereocenters. The first kappa shape index (κ1) is 22.5. The molecule has 2 aromatic heterocycles. The molecule has 0 unspecified atom stereocenters. The van der Waals surface area contributed by atoms with E-state index in [0.717, 1.165) is 15.8 Å². The number of alkyl halides is 3. The van der Waals surface area contributed by atoms with Crippen LogP contribution in [0.5, 0.6) is 5.75 Å². The molecule has 0 aliphatic rings. The van der Waals surface area contributed by atoms with Gasteiger partial charge >= 0.3 is 11.9 Å². The number of hydrogen-bond donors (Lipinski definition) is 0. The summed E-state index contributed by atoms with van der Waals surface area (Å²) in [4.78, 5) is 25.6. The molecule has 6 nitrogen and oxygen atoms in total. The van der Waals surface area contributed by atoms with Crippen LogP contribution in [0.25, 0.3) is 27.0 Å². The second-order valence-electron chi connectivity index (χ2n) is 7.30. The summed E-state index contributed by atoms with van der Waals surface area (Å²) in [7, 11) is 1.54. The van der Waals surface area contributed by atoms with E-state index in [-0.39, 0.29) is 5.69 Å². The number of halogens is 3. The highest BCUT2D eigenvalue weighted by molar-refractivity contribution is 7.13. The van der Waals surface area contributed by atoms with Crippen LogP contribution in [-0.2, 0) is 12.7 Å². The largest absolute Gasteiger partial charge is 0.496 e. The summed E-state index contributed by atoms with van der Waals surface area (Å²) >= 11 is 1.22. The Morgan fingerprint density at radius 3 is 2.58 bits per heavy atom. The number of ether oxygens (including phenoxy) is 1. The number of benzene rings is 2. The highest BCUT2D eigenvalue weighted by atomic mass is 32.1. The first-order valence-electron chi connectivity index (χ1n) is 9.75. The molecule has 0 fully saturated rings. The van der Waals surface area contributed by atoms with E-state index in [1.807, 2.05) is 25.1 Å². The number of fused-ring (bicyclic) bond motifs is 1. The van der Waals surface area contributed by atoms with Crippen molar-refractivity contribution in [1.29, 1.82) is 0 Å². The SMILES string of the molecule is C=CCn1c(C(F)(F)F)cc(=O)n(-c2ccc3snc(-c4cc(C)ccc4OC)c3c2)c1=O. The van der Waals surface area contributed by atoms with Gasteiger partial charge in [0.15, 0.2) is 0 Å². The third-order valence-electron chi connectivity index (χ3n) is 5.12. The molecular formula is C23H18F3N3O3S. The Balaban J connectivity index is 1.98. The second-order valence-corrected chi connectivity index (χ2v) is 8.10. The third-order valence-corrected chi connectivity index (χ3v) is 5.94. The van der Waals surface area contributed by atoms with Crippen molar-refractivity contribution < 1.29 is 17.9 Å². The van der Waals surface area contributed by atoms with E-state index >= 15 is 0 Å². The quantitative estimate of drug-likeness (QED) is 0.391. The molecular weight excluding hydrogens is 455 g/mol. The number of aryl methyl sites for hydroxylation is 1. The Kier molecular flexibility index (Phi) is 5.71. The van der Waals surface area contributed by atoms with Crippen molar-refractivity contribution in [2.24, 2.45) is 0 Å². The van der Waals surface area contributed by atoms with Crippen LogP contribution >= 0.6 is 11.5 Å². The molecule has 0 amide bonds. The van der Waals surface area contributed by atoms with Crippen LogP contribution < -0.4 is 16.0 Å². The molecule has 170 valence electrons. The van der Waals surface area contributed by atoms with Crippen molar-refractivity contribution in [2.75, 3.05) is 7.11 Å². The minimum atomic E-state index is -4.86. The second kappa shape index (κ2) is 8.36. The minimum absolute atomic E-state index is 0.136. The van der Waals surface area contributed by atoms with Crippen LogP contribution in [0.1, 0.15) is 11.3 Å². The molecule has 33 heavy (non-hydrogen) atoms. The Bertz CT molecular complexity index is 1500. The van der Waals surface area contributed by atoms with Gasteiger partial charge in [-0.05, 0) is 48.8 Å². The Morgan fingerprint density at radius 1 is 1.15 bits per heavy atom. The number of aromatic nitrogens is 3. The summed E-state index contributed by atoms with van der Waals surface area (Å²) < 4.78 is 52.2. The molecule has 0 bridgehead atoms.